The van der Waals surface area contributed by atoms with Crippen molar-refractivity contribution in [2.24, 2.45) is 0 Å². The van der Waals surface area contributed by atoms with Crippen molar-refractivity contribution in [3.05, 3.63) is 114 Å². The van der Waals surface area contributed by atoms with E-state index in [4.69, 9.17) is 0 Å². The lowest BCUT2D eigenvalue weighted by Gasteiger charge is -2.12. The smallest absolute Gasteiger partial charge is 0.261 e. The van der Waals surface area contributed by atoms with E-state index < -0.39 is 15.8 Å². The Morgan fingerprint density at radius 3 is 2.32 bits per heavy atom. The number of imidazole rings is 1. The van der Waals surface area contributed by atoms with Crippen LogP contribution in [0.25, 0.3) is 0 Å². The summed E-state index contributed by atoms with van der Waals surface area (Å²) in [5.74, 6) is -0.652. The van der Waals surface area contributed by atoms with Crippen molar-refractivity contribution in [3.8, 4) is 0 Å². The van der Waals surface area contributed by atoms with Gasteiger partial charge in [-0.25, -0.2) is 17.8 Å². The number of aromatic nitrogens is 2. The number of hydrogen-bond acceptors (Lipinski definition) is 4. The molecule has 34 heavy (non-hydrogen) atoms. The molecule has 9 heteroatoms. The van der Waals surface area contributed by atoms with Gasteiger partial charge in [-0.2, -0.15) is 0 Å². The molecule has 1 amide bonds. The summed E-state index contributed by atoms with van der Waals surface area (Å²) in [6.07, 6.45) is 5.52. The highest BCUT2D eigenvalue weighted by atomic mass is 32.2. The summed E-state index contributed by atoms with van der Waals surface area (Å²) in [4.78, 5) is 16.5. The fraction of sp³-hybridized carbons (Fsp3) is 0.120. The summed E-state index contributed by atoms with van der Waals surface area (Å²) in [5.41, 5.74) is 3.21. The Hall–Kier alpha value is -3.98. The Balaban J connectivity index is 1.32. The van der Waals surface area contributed by atoms with Crippen molar-refractivity contribution in [1.82, 2.24) is 14.9 Å². The molecule has 0 saturated carbocycles. The molecule has 0 atom stereocenters. The first kappa shape index (κ1) is 23.2. The number of halogens is 1. The van der Waals surface area contributed by atoms with Crippen molar-refractivity contribution < 1.29 is 17.6 Å². The summed E-state index contributed by atoms with van der Waals surface area (Å²) in [5, 5.41) is 2.94. The van der Waals surface area contributed by atoms with Crippen molar-refractivity contribution >= 4 is 21.6 Å². The molecule has 0 bridgehead atoms. The van der Waals surface area contributed by atoms with Gasteiger partial charge in [0.1, 0.15) is 5.82 Å². The molecule has 0 unspecified atom stereocenters. The molecule has 0 saturated heterocycles. The fourth-order valence-corrected chi connectivity index (χ4v) is 4.48. The second-order valence-electron chi connectivity index (χ2n) is 7.71. The zero-order chi connectivity index (χ0) is 24.0. The maximum absolute atomic E-state index is 13.0. The van der Waals surface area contributed by atoms with Crippen molar-refractivity contribution in [3.63, 3.8) is 0 Å². The zero-order valence-corrected chi connectivity index (χ0v) is 19.0. The van der Waals surface area contributed by atoms with Crippen LogP contribution in [0.1, 0.15) is 16.7 Å². The van der Waals surface area contributed by atoms with Gasteiger partial charge in [-0.3, -0.25) is 9.52 Å². The minimum absolute atomic E-state index is 0.0364. The van der Waals surface area contributed by atoms with Gasteiger partial charge in [-0.15, -0.1) is 0 Å². The maximum Gasteiger partial charge on any atom is 0.261 e. The highest BCUT2D eigenvalue weighted by Crippen LogP contribution is 2.17. The van der Waals surface area contributed by atoms with E-state index in [1.807, 2.05) is 35.0 Å². The molecular weight excluding hydrogens is 455 g/mol. The number of amides is 1. The molecular formula is C25H23FN4O3S. The van der Waals surface area contributed by atoms with Crippen LogP contribution in [0, 0.1) is 5.82 Å². The summed E-state index contributed by atoms with van der Waals surface area (Å²) in [6, 6.07) is 19.0. The van der Waals surface area contributed by atoms with Crippen LogP contribution >= 0.6 is 0 Å². The Bertz CT molecular complexity index is 1350. The molecule has 7 nitrogen and oxygen atoms in total. The lowest BCUT2D eigenvalue weighted by Crippen LogP contribution is -2.25. The van der Waals surface area contributed by atoms with Crippen molar-refractivity contribution in [2.75, 3.05) is 4.72 Å². The van der Waals surface area contributed by atoms with E-state index in [0.29, 0.717) is 18.8 Å². The van der Waals surface area contributed by atoms with Gasteiger partial charge >= 0.3 is 0 Å². The van der Waals surface area contributed by atoms with Crippen molar-refractivity contribution in [2.45, 2.75) is 24.4 Å². The topological polar surface area (TPSA) is 93.1 Å². The summed E-state index contributed by atoms with van der Waals surface area (Å²) in [7, 11) is -3.83. The molecule has 0 radical (unpaired) electrons. The minimum Gasteiger partial charge on any atom is -0.352 e. The van der Waals surface area contributed by atoms with E-state index in [0.717, 1.165) is 28.8 Å². The molecule has 4 rings (SSSR count). The number of rotatable bonds is 9. The summed E-state index contributed by atoms with van der Waals surface area (Å²) in [6.45, 7) is 1.07. The minimum atomic E-state index is -3.83. The first-order chi connectivity index (χ1) is 16.4. The molecule has 0 fully saturated rings. The predicted octanol–water partition coefficient (Wildman–Crippen LogP) is 3.73. The molecule has 1 aromatic heterocycles. The average molecular weight is 479 g/mol. The lowest BCUT2D eigenvalue weighted by molar-refractivity contribution is -0.120. The quantitative estimate of drug-likeness (QED) is 0.383. The number of sulfonamides is 1. The summed E-state index contributed by atoms with van der Waals surface area (Å²) >= 11 is 0. The number of hydrogen-bond donors (Lipinski definition) is 2. The highest BCUT2D eigenvalue weighted by molar-refractivity contribution is 7.92. The number of nitrogens with zero attached hydrogens (tertiary/aromatic N) is 2. The van der Waals surface area contributed by atoms with Gasteiger partial charge in [-0.05, 0) is 53.1 Å². The van der Waals surface area contributed by atoms with E-state index in [9.17, 15) is 17.6 Å². The molecule has 2 N–H and O–H groups in total. The standard InChI is InChI=1S/C25H23FN4O3S/c26-22-7-11-24(12-8-22)34(32,33)29-23-9-5-19(6-10-23)15-25(31)28-16-20-3-1-2-4-21(20)17-30-14-13-27-18-30/h1-14,18,29H,15-17H2,(H,28,31). The fourth-order valence-electron chi connectivity index (χ4n) is 3.42. The number of benzene rings is 3. The van der Waals surface area contributed by atoms with E-state index in [-0.39, 0.29) is 17.2 Å². The molecule has 0 aliphatic heterocycles. The normalized spacial score (nSPS) is 11.2. The van der Waals surface area contributed by atoms with E-state index in [2.05, 4.69) is 15.0 Å². The third-order valence-electron chi connectivity index (χ3n) is 5.20. The number of anilines is 1. The second-order valence-corrected chi connectivity index (χ2v) is 9.40. The number of carbonyl (C=O) groups is 1. The van der Waals surface area contributed by atoms with Gasteiger partial charge in [0.2, 0.25) is 5.91 Å². The molecule has 174 valence electrons. The predicted molar refractivity (Wildman–Crippen MR) is 127 cm³/mol. The number of carbonyl (C=O) groups excluding carboxylic acids is 1. The third-order valence-corrected chi connectivity index (χ3v) is 6.60. The molecule has 0 aliphatic carbocycles. The summed E-state index contributed by atoms with van der Waals surface area (Å²) < 4.78 is 42.3. The van der Waals surface area contributed by atoms with Crippen LogP contribution in [0.3, 0.4) is 0 Å². The SMILES string of the molecule is O=C(Cc1ccc(NS(=O)(=O)c2ccc(F)cc2)cc1)NCc1ccccc1Cn1ccnc1. The number of nitrogens with one attached hydrogen (secondary N) is 2. The first-order valence-electron chi connectivity index (χ1n) is 10.6. The third kappa shape index (κ3) is 6.08. The van der Waals surface area contributed by atoms with Crippen LogP contribution in [0.5, 0.6) is 0 Å². The van der Waals surface area contributed by atoms with Gasteiger partial charge in [-0.1, -0.05) is 36.4 Å². The monoisotopic (exact) mass is 478 g/mol. The lowest BCUT2D eigenvalue weighted by atomic mass is 10.1. The van der Waals surface area contributed by atoms with E-state index >= 15 is 0 Å². The molecule has 4 aromatic rings. The van der Waals surface area contributed by atoms with Crippen LogP contribution in [-0.4, -0.2) is 23.9 Å². The largest absolute Gasteiger partial charge is 0.352 e. The van der Waals surface area contributed by atoms with Gasteiger partial charge in [0.05, 0.1) is 17.6 Å². The van der Waals surface area contributed by atoms with Gasteiger partial charge < -0.3 is 9.88 Å². The Morgan fingerprint density at radius 1 is 0.941 bits per heavy atom. The van der Waals surface area contributed by atoms with Gasteiger partial charge in [0.25, 0.3) is 10.0 Å². The second kappa shape index (κ2) is 10.3. The molecule has 1 heterocycles. The molecule has 0 aliphatic rings. The van der Waals surface area contributed by atoms with Gasteiger partial charge in [0.15, 0.2) is 0 Å². The van der Waals surface area contributed by atoms with Crippen LogP contribution < -0.4 is 10.0 Å². The molecule has 3 aromatic carbocycles. The first-order valence-corrected chi connectivity index (χ1v) is 12.0. The zero-order valence-electron chi connectivity index (χ0n) is 18.2. The van der Waals surface area contributed by atoms with Crippen LogP contribution in [-0.2, 0) is 34.3 Å². The molecule has 0 spiro atoms. The Labute approximate surface area is 197 Å². The van der Waals surface area contributed by atoms with E-state index in [1.54, 1.807) is 36.8 Å². The highest BCUT2D eigenvalue weighted by Gasteiger charge is 2.14. The Kier molecular flexibility index (Phi) is 7.03. The van der Waals surface area contributed by atoms with Crippen LogP contribution in [0.15, 0.2) is 96.4 Å². The van der Waals surface area contributed by atoms with Crippen molar-refractivity contribution in [1.29, 1.82) is 0 Å². The average Bonchev–Trinajstić information content (AvgIpc) is 3.33. The van der Waals surface area contributed by atoms with Crippen LogP contribution in [0.2, 0.25) is 0 Å². The van der Waals surface area contributed by atoms with E-state index in [1.165, 1.54) is 12.1 Å². The van der Waals surface area contributed by atoms with Crippen LogP contribution in [0.4, 0.5) is 10.1 Å². The maximum atomic E-state index is 13.0. The Morgan fingerprint density at radius 2 is 1.65 bits per heavy atom. The van der Waals surface area contributed by atoms with Gasteiger partial charge in [0, 0.05) is 31.2 Å².